The van der Waals surface area contributed by atoms with Gasteiger partial charge in [-0.3, -0.25) is 29.4 Å². The van der Waals surface area contributed by atoms with E-state index < -0.39 is 0 Å². The molecule has 0 saturated carbocycles. The molecule has 3 aromatic rings. The molecule has 0 radical (unpaired) electrons. The number of likely N-dealkylation sites (N-methyl/N-ethyl adjacent to an activating group) is 2. The van der Waals surface area contributed by atoms with Crippen LogP contribution in [-0.4, -0.2) is 299 Å². The Hall–Kier alpha value is -5.01. The summed E-state index contributed by atoms with van der Waals surface area (Å²) >= 11 is 0. The van der Waals surface area contributed by atoms with Crippen molar-refractivity contribution in [2.75, 3.05) is 166 Å². The topological polar surface area (TPSA) is 165 Å². The van der Waals surface area contributed by atoms with E-state index in [1.807, 2.05) is 0 Å². The summed E-state index contributed by atoms with van der Waals surface area (Å²) in [5.74, 6) is 6.40. The van der Waals surface area contributed by atoms with Gasteiger partial charge in [0.15, 0.2) is 0 Å². The number of hydrogen-bond acceptors (Lipinski definition) is 24. The van der Waals surface area contributed by atoms with Crippen molar-refractivity contribution in [3.05, 3.63) is 0 Å². The van der Waals surface area contributed by atoms with Crippen molar-refractivity contribution in [3.8, 4) is 0 Å². The number of anilines is 9. The van der Waals surface area contributed by atoms with Gasteiger partial charge < -0.3 is 44.1 Å². The van der Waals surface area contributed by atoms with Crippen LogP contribution in [-0.2, 0) is 0 Å². The van der Waals surface area contributed by atoms with Crippen molar-refractivity contribution in [2.45, 2.75) is 387 Å². The van der Waals surface area contributed by atoms with Gasteiger partial charge in [-0.05, 0) is 327 Å². The molecule has 632 valence electrons. The zero-order chi connectivity index (χ0) is 83.2. The van der Waals surface area contributed by atoms with Crippen LogP contribution in [0.5, 0.6) is 0 Å². The normalized spacial score (nSPS) is 24.5. The Labute approximate surface area is 677 Å². The largest absolute Gasteiger partial charge is 0.342 e. The molecule has 0 amide bonds. The van der Waals surface area contributed by atoms with E-state index in [1.165, 1.54) is 0 Å². The molecule has 0 aromatic carbocycles. The second-order valence-corrected chi connectivity index (χ2v) is 42.7. The maximum absolute atomic E-state index is 5.86. The van der Waals surface area contributed by atoms with Crippen molar-refractivity contribution in [1.29, 1.82) is 0 Å². The summed E-state index contributed by atoms with van der Waals surface area (Å²) in [4.78, 5) is 89.1. The van der Waals surface area contributed by atoms with Crippen LogP contribution in [0, 0.1) is 0 Å². The number of aromatic nitrogens is 9. The Morgan fingerprint density at radius 2 is 0.342 bits per heavy atom. The lowest BCUT2D eigenvalue weighted by molar-refractivity contribution is -0.0133. The molecule has 6 aliphatic heterocycles. The molecule has 0 spiro atoms. The van der Waals surface area contributed by atoms with Crippen LogP contribution in [0.25, 0.3) is 0 Å². The summed E-state index contributed by atoms with van der Waals surface area (Å²) < 4.78 is 0. The third-order valence-electron chi connectivity index (χ3n) is 30.1. The van der Waals surface area contributed by atoms with E-state index in [9.17, 15) is 0 Å². The molecular formula is C87H164N24. The first-order chi connectivity index (χ1) is 50.9. The Bertz CT molecular complexity index is 3140. The van der Waals surface area contributed by atoms with Crippen LogP contribution < -0.4 is 44.1 Å². The molecule has 24 heteroatoms. The minimum Gasteiger partial charge on any atom is -0.342 e. The summed E-state index contributed by atoms with van der Waals surface area (Å²) in [5.41, 5.74) is -0.677. The molecular weight excluding hydrogens is 1380 g/mol. The standard InChI is InChI=1S/C87H164N24/c1-39-106(61-49-76(7,8)99(33)77(9,10)50-61)70-88-67(89-71(94-70)107(40-2)62-51-78(11,12)100(34)79(13,14)52-62)97(31)45-47-105(69-92-74(110(43-5)65-57-84(23,24)103(37)85(25,26)58-65)96-75(93-69)111(44-6)66-59-86(27,28)104(38)87(29,30)60-66)48-46-98(32)68-90-72(108(41-3)63-53-80(15,16)101(35)81(17,18)54-63)95-73(91-68)109(42-4)64-55-82(19,20)102(36)83(21,22)56-64/h61-66H,39-60H2,1-38H3. The average Bonchev–Trinajstić information content (AvgIpc) is 0.775. The monoisotopic (exact) mass is 1550 g/mol. The van der Waals surface area contributed by atoms with Crippen molar-refractivity contribution >= 4 is 53.5 Å². The van der Waals surface area contributed by atoms with E-state index in [-0.39, 0.29) is 103 Å². The summed E-state index contributed by atoms with van der Waals surface area (Å²) in [6, 6.07) is 1.17. The fraction of sp³-hybridized carbons (Fsp3) is 0.897. The zero-order valence-electron chi connectivity index (χ0n) is 78.3. The lowest BCUT2D eigenvalue weighted by Crippen LogP contribution is -2.63. The van der Waals surface area contributed by atoms with Gasteiger partial charge in [-0.2, -0.15) is 44.9 Å². The zero-order valence-corrected chi connectivity index (χ0v) is 78.3. The van der Waals surface area contributed by atoms with Gasteiger partial charge in [-0.15, -0.1) is 0 Å². The maximum Gasteiger partial charge on any atom is 0.232 e. The average molecular weight is 1550 g/mol. The van der Waals surface area contributed by atoms with Crippen LogP contribution in [0.2, 0.25) is 0 Å². The van der Waals surface area contributed by atoms with Gasteiger partial charge in [0.25, 0.3) is 0 Å². The first-order valence-corrected chi connectivity index (χ1v) is 43.4. The highest BCUT2D eigenvalue weighted by Gasteiger charge is 2.52. The summed E-state index contributed by atoms with van der Waals surface area (Å²) in [5, 5.41) is 0. The number of rotatable bonds is 27. The molecule has 0 atom stereocenters. The lowest BCUT2D eigenvalue weighted by Gasteiger charge is -2.56. The Balaban J connectivity index is 1.22. The Morgan fingerprint density at radius 1 is 0.216 bits per heavy atom. The highest BCUT2D eigenvalue weighted by Crippen LogP contribution is 2.48. The Morgan fingerprint density at radius 3 is 0.477 bits per heavy atom. The van der Waals surface area contributed by atoms with Crippen molar-refractivity contribution in [3.63, 3.8) is 0 Å². The smallest absolute Gasteiger partial charge is 0.232 e. The van der Waals surface area contributed by atoms with Crippen LogP contribution in [0.15, 0.2) is 0 Å². The van der Waals surface area contributed by atoms with Crippen LogP contribution in [0.3, 0.4) is 0 Å². The molecule has 3 aromatic heterocycles. The number of nitrogens with zero attached hydrogens (tertiary/aromatic N) is 24. The number of hydrogen-bond donors (Lipinski definition) is 0. The van der Waals surface area contributed by atoms with Gasteiger partial charge in [-0.25, -0.2) is 0 Å². The highest BCUT2D eigenvalue weighted by molar-refractivity contribution is 5.53. The van der Waals surface area contributed by atoms with Gasteiger partial charge >= 0.3 is 0 Å². The number of piperidine rings is 6. The van der Waals surface area contributed by atoms with E-state index in [0.29, 0.717) is 44.0 Å². The molecule has 111 heavy (non-hydrogen) atoms. The molecule has 6 aliphatic rings. The van der Waals surface area contributed by atoms with Crippen LogP contribution in [0.4, 0.5) is 53.5 Å². The molecule has 0 aliphatic carbocycles. The predicted molar refractivity (Wildman–Crippen MR) is 470 cm³/mol. The van der Waals surface area contributed by atoms with E-state index in [1.54, 1.807) is 0 Å². The SMILES string of the molecule is CCN(c1nc(N(C)CCN(CCN(C)c2nc(N(CC)C3CC(C)(C)N(C)C(C)(C)C3)nc(N(CC)C3CC(C)(C)N(C)C(C)(C)C3)n2)c2nc(N(CC)C3CC(C)(C)N(C)C(C)(C)C3)nc(N(CC)C3CC(C)(C)N(C)C(C)(C)C3)n2)nc(N(CC)C2CC(C)(C)N(C)C(C)(C)C2)n1)C1CC(C)(C)N(C)C(C)(C)C1. The molecule has 0 unspecified atom stereocenters. The summed E-state index contributed by atoms with van der Waals surface area (Å²) in [7, 11) is 18.2. The maximum atomic E-state index is 5.86. The van der Waals surface area contributed by atoms with E-state index in [2.05, 4.69) is 338 Å². The fourth-order valence-corrected chi connectivity index (χ4v) is 21.9. The third-order valence-corrected chi connectivity index (χ3v) is 30.1. The third kappa shape index (κ3) is 18.6. The summed E-state index contributed by atoms with van der Waals surface area (Å²) in [6.45, 7) is 78.1. The molecule has 24 nitrogen and oxygen atoms in total. The van der Waals surface area contributed by atoms with Gasteiger partial charge in [0, 0.05) is 182 Å². The van der Waals surface area contributed by atoms with Gasteiger partial charge in [0.2, 0.25) is 53.5 Å². The second-order valence-electron chi connectivity index (χ2n) is 42.7. The Kier molecular flexibility index (Phi) is 26.0. The van der Waals surface area contributed by atoms with Gasteiger partial charge in [-0.1, -0.05) is 0 Å². The molecule has 6 saturated heterocycles. The van der Waals surface area contributed by atoms with Crippen molar-refractivity contribution < 1.29 is 0 Å². The molecule has 0 N–H and O–H groups in total. The van der Waals surface area contributed by atoms with E-state index in [4.69, 9.17) is 44.9 Å². The van der Waals surface area contributed by atoms with Crippen LogP contribution in [0.1, 0.15) is 285 Å². The first-order valence-electron chi connectivity index (χ1n) is 43.4. The number of likely N-dealkylation sites (tertiary alicyclic amines) is 6. The molecule has 9 rings (SSSR count). The van der Waals surface area contributed by atoms with Crippen molar-refractivity contribution in [1.82, 2.24) is 74.3 Å². The molecule has 6 fully saturated rings. The minimum absolute atomic E-state index is 0.0478. The summed E-state index contributed by atoms with van der Waals surface area (Å²) in [6.07, 6.45) is 11.7. The quantitative estimate of drug-likeness (QED) is 0.0707. The second kappa shape index (κ2) is 32.1. The minimum atomic E-state index is -0.0736. The van der Waals surface area contributed by atoms with Gasteiger partial charge in [0.05, 0.1) is 0 Å². The first kappa shape index (κ1) is 89.9. The van der Waals surface area contributed by atoms with Crippen LogP contribution >= 0.6 is 0 Å². The molecule has 0 bridgehead atoms. The lowest BCUT2D eigenvalue weighted by atomic mass is 9.77. The predicted octanol–water partition coefficient (Wildman–Crippen LogP) is 14.2. The van der Waals surface area contributed by atoms with Crippen molar-refractivity contribution in [2.24, 2.45) is 0 Å². The van der Waals surface area contributed by atoms with E-state index in [0.717, 1.165) is 152 Å². The molecule has 9 heterocycles. The van der Waals surface area contributed by atoms with Gasteiger partial charge in [0.1, 0.15) is 0 Å². The highest BCUT2D eigenvalue weighted by atomic mass is 15.5. The fourth-order valence-electron chi connectivity index (χ4n) is 21.9. The van der Waals surface area contributed by atoms with E-state index >= 15 is 0 Å².